The second kappa shape index (κ2) is 10.1. The van der Waals surface area contributed by atoms with Crippen molar-refractivity contribution < 1.29 is 4.74 Å². The summed E-state index contributed by atoms with van der Waals surface area (Å²) in [6.45, 7) is 10.6. The lowest BCUT2D eigenvalue weighted by molar-refractivity contribution is 0.310. The lowest BCUT2D eigenvalue weighted by Gasteiger charge is -2.34. The molecular formula is C32H39N7O. The number of pyridine rings is 1. The summed E-state index contributed by atoms with van der Waals surface area (Å²) in [4.78, 5) is 25.0. The summed E-state index contributed by atoms with van der Waals surface area (Å²) >= 11 is 0. The number of nitrogens with one attached hydrogen (secondary N) is 2. The van der Waals surface area contributed by atoms with Gasteiger partial charge >= 0.3 is 0 Å². The van der Waals surface area contributed by atoms with Crippen LogP contribution >= 0.6 is 0 Å². The van der Waals surface area contributed by atoms with Crippen LogP contribution in [0.5, 0.6) is 5.75 Å². The predicted molar refractivity (Wildman–Crippen MR) is 157 cm³/mol. The van der Waals surface area contributed by atoms with E-state index in [0.29, 0.717) is 6.61 Å². The molecule has 1 aromatic carbocycles. The molecule has 4 heterocycles. The number of nitrogens with zero attached hydrogens (tertiary/aromatic N) is 5. The van der Waals surface area contributed by atoms with E-state index in [2.05, 4.69) is 63.3 Å². The quantitative estimate of drug-likeness (QED) is 0.300. The highest BCUT2D eigenvalue weighted by molar-refractivity contribution is 5.78. The molecule has 0 saturated heterocycles. The Morgan fingerprint density at radius 1 is 1.12 bits per heavy atom. The van der Waals surface area contributed by atoms with Gasteiger partial charge in [0.15, 0.2) is 5.65 Å². The molecule has 208 valence electrons. The number of H-pyrrole nitrogens is 1. The molecule has 3 aliphatic rings. The molecule has 1 fully saturated rings. The molecule has 7 rings (SSSR count). The van der Waals surface area contributed by atoms with Gasteiger partial charge in [-0.2, -0.15) is 0 Å². The number of imidazole rings is 1. The Morgan fingerprint density at radius 3 is 2.90 bits per heavy atom. The lowest BCUT2D eigenvalue weighted by Crippen LogP contribution is -2.32. The van der Waals surface area contributed by atoms with E-state index < -0.39 is 0 Å². The highest BCUT2D eigenvalue weighted by Gasteiger charge is 2.31. The van der Waals surface area contributed by atoms with Crippen molar-refractivity contribution in [3.05, 3.63) is 58.9 Å². The first kappa shape index (κ1) is 25.4. The number of ether oxygens (including phenoxy) is 1. The van der Waals surface area contributed by atoms with Crippen LogP contribution in [0.15, 0.2) is 30.5 Å². The SMILES string of the molecule is Cc1nc2ncc(-c3ccc4c(c3)CN(c3nc(CNCCC5CC5)nc5c3CC(C)(C)CC5)CCO4)cc2[nH]1. The van der Waals surface area contributed by atoms with E-state index in [1.54, 1.807) is 0 Å². The number of fused-ring (bicyclic) bond motifs is 3. The van der Waals surface area contributed by atoms with Crippen LogP contribution in [0.2, 0.25) is 0 Å². The molecule has 8 nitrogen and oxygen atoms in total. The molecule has 8 heteroatoms. The van der Waals surface area contributed by atoms with Crippen LogP contribution in [0.1, 0.15) is 68.0 Å². The molecule has 0 spiro atoms. The summed E-state index contributed by atoms with van der Waals surface area (Å²) in [7, 11) is 0. The van der Waals surface area contributed by atoms with E-state index in [1.807, 2.05) is 13.1 Å². The predicted octanol–water partition coefficient (Wildman–Crippen LogP) is 5.53. The molecule has 1 aliphatic heterocycles. The minimum Gasteiger partial charge on any atom is -0.491 e. The molecule has 2 N–H and O–H groups in total. The average molecular weight is 538 g/mol. The zero-order valence-electron chi connectivity index (χ0n) is 23.9. The number of aryl methyl sites for hydroxylation is 2. The van der Waals surface area contributed by atoms with Gasteiger partial charge < -0.3 is 19.9 Å². The second-order valence-electron chi connectivity index (χ2n) is 12.6. The van der Waals surface area contributed by atoms with Gasteiger partial charge in [-0.05, 0) is 74.2 Å². The Morgan fingerprint density at radius 2 is 2.02 bits per heavy atom. The molecule has 0 radical (unpaired) electrons. The molecule has 0 amide bonds. The van der Waals surface area contributed by atoms with Crippen molar-refractivity contribution in [1.29, 1.82) is 0 Å². The van der Waals surface area contributed by atoms with Crippen LogP contribution in [0.3, 0.4) is 0 Å². The summed E-state index contributed by atoms with van der Waals surface area (Å²) < 4.78 is 6.26. The fourth-order valence-electron chi connectivity index (χ4n) is 6.17. The van der Waals surface area contributed by atoms with E-state index in [1.165, 1.54) is 36.1 Å². The minimum absolute atomic E-state index is 0.249. The van der Waals surface area contributed by atoms with E-state index in [9.17, 15) is 0 Å². The molecule has 1 saturated carbocycles. The van der Waals surface area contributed by atoms with Crippen LogP contribution in [-0.4, -0.2) is 44.6 Å². The third-order valence-corrected chi connectivity index (χ3v) is 8.65. The minimum atomic E-state index is 0.249. The maximum Gasteiger partial charge on any atom is 0.177 e. The van der Waals surface area contributed by atoms with Crippen molar-refractivity contribution in [3.8, 4) is 16.9 Å². The molecule has 40 heavy (non-hydrogen) atoms. The molecular weight excluding hydrogens is 498 g/mol. The number of hydrogen-bond donors (Lipinski definition) is 2. The average Bonchev–Trinajstić information content (AvgIpc) is 3.72. The third kappa shape index (κ3) is 5.29. The standard InChI is InChI=1S/C32H39N7O/c1-20-35-27-15-23(17-34-30(27)36-20)22-6-7-28-24(14-22)19-39(12-13-40-28)31-25-16-32(2,3)10-8-26(25)37-29(38-31)18-33-11-9-21-4-5-21/h6-7,14-15,17,21,33H,4-5,8-13,16,18-19H2,1-3H3,(H,34,35,36). The van der Waals surface area contributed by atoms with Gasteiger partial charge in [0.05, 0.1) is 18.6 Å². The maximum absolute atomic E-state index is 6.26. The van der Waals surface area contributed by atoms with Crippen molar-refractivity contribution in [2.45, 2.75) is 72.4 Å². The zero-order valence-corrected chi connectivity index (χ0v) is 23.9. The van der Waals surface area contributed by atoms with E-state index in [-0.39, 0.29) is 5.41 Å². The summed E-state index contributed by atoms with van der Waals surface area (Å²) in [6, 6.07) is 8.60. The molecule has 4 aromatic rings. The summed E-state index contributed by atoms with van der Waals surface area (Å²) in [5.41, 5.74) is 7.86. The third-order valence-electron chi connectivity index (χ3n) is 8.65. The Hall–Kier alpha value is -3.52. The highest BCUT2D eigenvalue weighted by Crippen LogP contribution is 2.39. The first-order valence-corrected chi connectivity index (χ1v) is 14.8. The number of benzene rings is 1. The van der Waals surface area contributed by atoms with Gasteiger partial charge in [0.2, 0.25) is 0 Å². The van der Waals surface area contributed by atoms with Crippen molar-refractivity contribution in [3.63, 3.8) is 0 Å². The zero-order chi connectivity index (χ0) is 27.3. The highest BCUT2D eigenvalue weighted by atomic mass is 16.5. The first-order chi connectivity index (χ1) is 19.4. The second-order valence-corrected chi connectivity index (χ2v) is 12.6. The molecule has 0 atom stereocenters. The topological polar surface area (TPSA) is 91.9 Å². The van der Waals surface area contributed by atoms with Gasteiger partial charge in [0.1, 0.15) is 29.8 Å². The van der Waals surface area contributed by atoms with E-state index in [0.717, 1.165) is 96.9 Å². The summed E-state index contributed by atoms with van der Waals surface area (Å²) in [5.74, 6) is 4.76. The van der Waals surface area contributed by atoms with Gasteiger partial charge in [-0.1, -0.05) is 32.8 Å². The summed E-state index contributed by atoms with van der Waals surface area (Å²) in [5, 5.41) is 3.61. The monoisotopic (exact) mass is 537 g/mol. The van der Waals surface area contributed by atoms with Crippen LogP contribution in [-0.2, 0) is 25.9 Å². The molecule has 3 aromatic heterocycles. The smallest absolute Gasteiger partial charge is 0.177 e. The lowest BCUT2D eigenvalue weighted by atomic mass is 9.76. The van der Waals surface area contributed by atoms with Crippen LogP contribution in [0, 0.1) is 18.3 Å². The maximum atomic E-state index is 6.26. The molecule has 2 aliphatic carbocycles. The largest absolute Gasteiger partial charge is 0.491 e. The Bertz CT molecular complexity index is 1550. The Labute approximate surface area is 236 Å². The number of aromatic amines is 1. The molecule has 0 unspecified atom stereocenters. The Balaban J connectivity index is 1.20. The fraction of sp³-hybridized carbons (Fsp3) is 0.500. The van der Waals surface area contributed by atoms with E-state index >= 15 is 0 Å². The van der Waals surface area contributed by atoms with Crippen LogP contribution in [0.4, 0.5) is 5.82 Å². The van der Waals surface area contributed by atoms with Gasteiger partial charge in [0, 0.05) is 35.1 Å². The normalized spacial score (nSPS) is 18.2. The molecule has 0 bridgehead atoms. The van der Waals surface area contributed by atoms with Gasteiger partial charge in [-0.25, -0.2) is 19.9 Å². The summed E-state index contributed by atoms with van der Waals surface area (Å²) in [6.07, 6.45) is 9.14. The number of aromatic nitrogens is 5. The number of anilines is 1. The fourth-order valence-corrected chi connectivity index (χ4v) is 6.17. The number of rotatable bonds is 7. The first-order valence-electron chi connectivity index (χ1n) is 14.8. The Kier molecular flexibility index (Phi) is 6.45. The van der Waals surface area contributed by atoms with Crippen molar-refractivity contribution in [1.82, 2.24) is 30.2 Å². The van der Waals surface area contributed by atoms with Gasteiger partial charge in [-0.15, -0.1) is 0 Å². The van der Waals surface area contributed by atoms with Gasteiger partial charge in [-0.3, -0.25) is 0 Å². The van der Waals surface area contributed by atoms with Crippen LogP contribution in [0.25, 0.3) is 22.3 Å². The van der Waals surface area contributed by atoms with E-state index in [4.69, 9.17) is 14.7 Å². The van der Waals surface area contributed by atoms with Gasteiger partial charge in [0.25, 0.3) is 0 Å². The van der Waals surface area contributed by atoms with Crippen molar-refractivity contribution in [2.75, 3.05) is 24.6 Å². The van der Waals surface area contributed by atoms with Crippen molar-refractivity contribution in [2.24, 2.45) is 11.3 Å². The van der Waals surface area contributed by atoms with Crippen LogP contribution < -0.4 is 15.0 Å². The van der Waals surface area contributed by atoms with Crippen molar-refractivity contribution >= 4 is 17.0 Å². The number of hydrogen-bond acceptors (Lipinski definition) is 7.